The third-order valence-corrected chi connectivity index (χ3v) is 24.8. The number of nitrogens with zero attached hydrogens (tertiary/aromatic N) is 6. The van der Waals surface area contributed by atoms with E-state index < -0.39 is 0 Å². The maximum Gasteiger partial charge on any atom is 0.164 e. The van der Waals surface area contributed by atoms with Gasteiger partial charge in [-0.05, 0) is 94.5 Å². The first kappa shape index (κ1) is 64.0. The fourth-order valence-electron chi connectivity index (χ4n) is 17.1. The smallest absolute Gasteiger partial charge is 0.164 e. The zero-order chi connectivity index (χ0) is 74.6. The number of rotatable bonds is 11. The molecule has 530 valence electrons. The monoisotopic (exact) mass is 1490 g/mol. The molecule has 8 aromatic heterocycles. The van der Waals surface area contributed by atoms with Crippen LogP contribution in [-0.4, -0.2) is 29.9 Å². The minimum atomic E-state index is 0.555. The summed E-state index contributed by atoms with van der Waals surface area (Å²) in [6.07, 6.45) is 0. The molecule has 0 amide bonds. The summed E-state index contributed by atoms with van der Waals surface area (Å²) in [5, 5.41) is 13.1. The summed E-state index contributed by atoms with van der Waals surface area (Å²) < 4.78 is 32.2. The fourth-order valence-corrected chi connectivity index (χ4v) is 19.6. The van der Waals surface area contributed by atoms with Gasteiger partial charge < -0.3 is 17.7 Å². The normalized spacial score (nSPS) is 12.0. The molecule has 10 nitrogen and oxygen atoms in total. The maximum atomic E-state index is 7.40. The molecule has 8 heterocycles. The molecule has 16 aromatic carbocycles. The predicted octanol–water partition coefficient (Wildman–Crippen LogP) is 28.7. The zero-order valence-corrected chi connectivity index (χ0v) is 62.1. The number of hydrogen-bond donors (Lipinski definition) is 0. The van der Waals surface area contributed by atoms with E-state index in [0.29, 0.717) is 34.9 Å². The van der Waals surface area contributed by atoms with E-state index in [0.717, 1.165) is 207 Å². The Labute approximate surface area is 657 Å². The lowest BCUT2D eigenvalue weighted by Gasteiger charge is -2.10. The first-order valence-electron chi connectivity index (χ1n) is 37.9. The Kier molecular flexibility index (Phi) is 14.3. The largest absolute Gasteiger partial charge is 0.456 e. The van der Waals surface area contributed by atoms with E-state index in [2.05, 4.69) is 231 Å². The SMILES string of the molecule is c1ccc(-c2nc(-c3cccc(-c4ccc5c(c4)oc4c(-c6cccc7c6oc6ccccc67)ccc(-c6cccc7c6sc6cc(-c8nc(-c9ccccc9)nc(-c9ccccc9)n8)ccc67)c45)c3)nc(-c3ccc4c(c3)sc3c(-c5cc(-c6cccc7c6oc6ccccc67)cc6oc7ccccc7c56)cccc34)n2)cc1. The van der Waals surface area contributed by atoms with Crippen LogP contribution in [0.3, 0.4) is 0 Å². The third kappa shape index (κ3) is 10.2. The van der Waals surface area contributed by atoms with Gasteiger partial charge in [-0.25, -0.2) is 29.9 Å². The molecule has 0 spiro atoms. The molecular formula is C102H56N6O4S2. The van der Waals surface area contributed by atoms with Crippen LogP contribution in [0.15, 0.2) is 357 Å². The van der Waals surface area contributed by atoms with Gasteiger partial charge in [0.15, 0.2) is 34.9 Å². The molecule has 0 aliphatic carbocycles. The molecule has 0 bridgehead atoms. The summed E-state index contributed by atoms with van der Waals surface area (Å²) in [5.74, 6) is 3.56. The average molecular weight is 1490 g/mol. The van der Waals surface area contributed by atoms with Crippen molar-refractivity contribution in [3.63, 3.8) is 0 Å². The van der Waals surface area contributed by atoms with E-state index in [1.807, 2.05) is 109 Å². The van der Waals surface area contributed by atoms with Crippen molar-refractivity contribution in [1.82, 2.24) is 29.9 Å². The average Bonchev–Trinajstić information content (AvgIpc) is 1.56. The Morgan fingerprint density at radius 1 is 0.175 bits per heavy atom. The second-order valence-electron chi connectivity index (χ2n) is 29.0. The van der Waals surface area contributed by atoms with E-state index >= 15 is 0 Å². The van der Waals surface area contributed by atoms with Gasteiger partial charge in [0.2, 0.25) is 0 Å². The Morgan fingerprint density at radius 3 is 1.11 bits per heavy atom. The van der Waals surface area contributed by atoms with Crippen LogP contribution in [0.25, 0.3) is 252 Å². The number of aromatic nitrogens is 6. The molecule has 0 fully saturated rings. The number of benzene rings is 16. The molecule has 12 heteroatoms. The van der Waals surface area contributed by atoms with Gasteiger partial charge in [-0.1, -0.05) is 273 Å². The molecule has 0 atom stereocenters. The van der Waals surface area contributed by atoms with Gasteiger partial charge in [0.05, 0.1) is 0 Å². The van der Waals surface area contributed by atoms with Crippen LogP contribution >= 0.6 is 22.7 Å². The molecule has 24 rings (SSSR count). The van der Waals surface area contributed by atoms with Crippen molar-refractivity contribution in [2.75, 3.05) is 0 Å². The van der Waals surface area contributed by atoms with Crippen molar-refractivity contribution < 1.29 is 17.7 Å². The molecule has 0 aliphatic heterocycles. The molecule has 24 aromatic rings. The molecule has 0 aliphatic rings. The molecular weight excluding hydrogens is 1440 g/mol. The minimum absolute atomic E-state index is 0.555. The van der Waals surface area contributed by atoms with Crippen LogP contribution in [0, 0.1) is 0 Å². The molecule has 0 N–H and O–H groups in total. The second-order valence-corrected chi connectivity index (χ2v) is 31.1. The number of furan rings is 4. The summed E-state index contributed by atoms with van der Waals surface area (Å²) in [6.45, 7) is 0. The highest BCUT2D eigenvalue weighted by Gasteiger charge is 2.27. The second kappa shape index (κ2) is 25.4. The van der Waals surface area contributed by atoms with Crippen LogP contribution in [0.5, 0.6) is 0 Å². The van der Waals surface area contributed by atoms with Gasteiger partial charge in [0, 0.05) is 145 Å². The standard InChI is InChI=1S/C102H56N6O4S2/c1-4-21-57(22-5-1)97-103-98(58-23-6-2-7-24-58)106-101(105-97)63-44-46-69-76-36-19-38-78(95(76)113-88(69)55-63)71-49-50-75(74-35-18-34-73-68-30-11-14-41-84(68)111-93(73)74)94-91(71)81-48-43-61(53-86(81)112-94)60-27-16-28-62(51-60)100-104-99(59-25-8-3-9-26-59)107-102(108-100)64-45-47-70-77-37-20-39-79(96(77)114-89(70)56-64)82-52-65(54-87-90(82)80-31-12-15-42-85(80)109-87)66-32-17-33-72-67-29-10-13-40-83(67)110-92(66)72/h1-56H. The lowest BCUT2D eigenvalue weighted by Crippen LogP contribution is -2.00. The highest BCUT2D eigenvalue weighted by atomic mass is 32.1. The van der Waals surface area contributed by atoms with Crippen LogP contribution < -0.4 is 0 Å². The number of para-hydroxylation sites is 5. The van der Waals surface area contributed by atoms with Gasteiger partial charge in [-0.3, -0.25) is 0 Å². The highest BCUT2D eigenvalue weighted by Crippen LogP contribution is 2.52. The number of fused-ring (bicyclic) bond motifs is 18. The summed E-state index contributed by atoms with van der Waals surface area (Å²) in [4.78, 5) is 31.2. The highest BCUT2D eigenvalue weighted by molar-refractivity contribution is 7.26. The summed E-state index contributed by atoms with van der Waals surface area (Å²) in [5.41, 5.74) is 22.1. The van der Waals surface area contributed by atoms with Crippen LogP contribution in [-0.2, 0) is 0 Å². The minimum Gasteiger partial charge on any atom is -0.456 e. The van der Waals surface area contributed by atoms with Crippen molar-refractivity contribution in [2.24, 2.45) is 0 Å². The van der Waals surface area contributed by atoms with E-state index in [-0.39, 0.29) is 0 Å². The molecule has 0 saturated carbocycles. The molecule has 0 radical (unpaired) electrons. The van der Waals surface area contributed by atoms with Gasteiger partial charge in [0.1, 0.15) is 44.7 Å². The van der Waals surface area contributed by atoms with Gasteiger partial charge in [-0.15, -0.1) is 22.7 Å². The van der Waals surface area contributed by atoms with Crippen molar-refractivity contribution in [3.8, 4) is 124 Å². The van der Waals surface area contributed by atoms with Crippen molar-refractivity contribution >= 4 is 151 Å². The lowest BCUT2D eigenvalue weighted by atomic mass is 9.93. The summed E-state index contributed by atoms with van der Waals surface area (Å²) in [7, 11) is 0. The van der Waals surface area contributed by atoms with Crippen LogP contribution in [0.4, 0.5) is 0 Å². The Morgan fingerprint density at radius 2 is 0.544 bits per heavy atom. The van der Waals surface area contributed by atoms with E-state index in [1.54, 1.807) is 22.7 Å². The fraction of sp³-hybridized carbons (Fsp3) is 0. The van der Waals surface area contributed by atoms with E-state index in [1.165, 1.54) is 10.1 Å². The van der Waals surface area contributed by atoms with Gasteiger partial charge in [-0.2, -0.15) is 0 Å². The zero-order valence-electron chi connectivity index (χ0n) is 60.5. The van der Waals surface area contributed by atoms with Crippen LogP contribution in [0.2, 0.25) is 0 Å². The number of hydrogen-bond acceptors (Lipinski definition) is 12. The first-order valence-corrected chi connectivity index (χ1v) is 39.6. The number of thiophene rings is 2. The topological polar surface area (TPSA) is 130 Å². The maximum absolute atomic E-state index is 7.40. The van der Waals surface area contributed by atoms with Gasteiger partial charge >= 0.3 is 0 Å². The quantitative estimate of drug-likeness (QED) is 0.123. The van der Waals surface area contributed by atoms with E-state index in [4.69, 9.17) is 47.6 Å². The van der Waals surface area contributed by atoms with Crippen molar-refractivity contribution in [3.05, 3.63) is 340 Å². The summed E-state index contributed by atoms with van der Waals surface area (Å²) >= 11 is 3.56. The lowest BCUT2D eigenvalue weighted by molar-refractivity contribution is 0.665. The van der Waals surface area contributed by atoms with Crippen molar-refractivity contribution in [1.29, 1.82) is 0 Å². The Balaban J connectivity index is 0.624. The predicted molar refractivity (Wildman–Crippen MR) is 468 cm³/mol. The van der Waals surface area contributed by atoms with Crippen molar-refractivity contribution in [2.45, 2.75) is 0 Å². The van der Waals surface area contributed by atoms with Gasteiger partial charge in [0.25, 0.3) is 0 Å². The Bertz CT molecular complexity index is 8080. The Hall–Kier alpha value is -14.8. The first-order chi connectivity index (χ1) is 56.4. The molecule has 0 unspecified atom stereocenters. The third-order valence-electron chi connectivity index (χ3n) is 22.4. The molecule has 0 saturated heterocycles. The summed E-state index contributed by atoms with van der Waals surface area (Å²) in [6, 6.07) is 119. The van der Waals surface area contributed by atoms with Crippen LogP contribution in [0.1, 0.15) is 0 Å². The van der Waals surface area contributed by atoms with E-state index in [9.17, 15) is 0 Å². The molecule has 114 heavy (non-hydrogen) atoms.